The van der Waals surface area contributed by atoms with Crippen molar-refractivity contribution in [1.82, 2.24) is 10.2 Å². The lowest BCUT2D eigenvalue weighted by molar-refractivity contribution is -0.140. The van der Waals surface area contributed by atoms with Crippen LogP contribution in [0.25, 0.3) is 0 Å². The molecule has 0 aromatic heterocycles. The first-order valence-corrected chi connectivity index (χ1v) is 16.0. The summed E-state index contributed by atoms with van der Waals surface area (Å²) in [4.78, 5) is 29.5. The number of aryl methyl sites for hydroxylation is 2. The SMILES string of the molecule is CCC(C(=O)NC1CCCC1)N(Cc1ccc(C)cc1)C(=O)CN(c1cc(C)ccc1OC)S(=O)(=O)c1ccccc1. The highest BCUT2D eigenvalue weighted by molar-refractivity contribution is 7.92. The fourth-order valence-electron chi connectivity index (χ4n) is 5.41. The van der Waals surface area contributed by atoms with Crippen LogP contribution in [0.4, 0.5) is 5.69 Å². The number of hydrogen-bond acceptors (Lipinski definition) is 5. The van der Waals surface area contributed by atoms with Crippen molar-refractivity contribution in [2.24, 2.45) is 0 Å². The van der Waals surface area contributed by atoms with E-state index in [0.717, 1.165) is 46.7 Å². The molecular weight excluding hydrogens is 550 g/mol. The Morgan fingerprint density at radius 2 is 1.60 bits per heavy atom. The maximum atomic E-state index is 14.3. The molecule has 8 nitrogen and oxygen atoms in total. The zero-order valence-electron chi connectivity index (χ0n) is 24.9. The predicted octanol–water partition coefficient (Wildman–Crippen LogP) is 5.37. The lowest BCUT2D eigenvalue weighted by Crippen LogP contribution is -2.53. The van der Waals surface area contributed by atoms with E-state index in [0.29, 0.717) is 12.2 Å². The molecule has 0 radical (unpaired) electrons. The normalized spacial score (nSPS) is 14.3. The Morgan fingerprint density at radius 3 is 2.21 bits per heavy atom. The molecule has 1 saturated carbocycles. The maximum Gasteiger partial charge on any atom is 0.264 e. The Kier molecular flexibility index (Phi) is 10.3. The topological polar surface area (TPSA) is 96.0 Å². The number of anilines is 1. The summed E-state index contributed by atoms with van der Waals surface area (Å²) in [7, 11) is -2.71. The van der Waals surface area contributed by atoms with Crippen LogP contribution in [0.2, 0.25) is 0 Å². The van der Waals surface area contributed by atoms with Crippen LogP contribution in [0.1, 0.15) is 55.7 Å². The van der Waals surface area contributed by atoms with Gasteiger partial charge in [-0.3, -0.25) is 13.9 Å². The van der Waals surface area contributed by atoms with Gasteiger partial charge in [-0.25, -0.2) is 8.42 Å². The average molecular weight is 592 g/mol. The summed E-state index contributed by atoms with van der Waals surface area (Å²) in [5, 5.41) is 3.14. The van der Waals surface area contributed by atoms with Gasteiger partial charge in [0.15, 0.2) is 0 Å². The average Bonchev–Trinajstić information content (AvgIpc) is 3.50. The number of methoxy groups -OCH3 is 1. The third-order valence-electron chi connectivity index (χ3n) is 7.77. The van der Waals surface area contributed by atoms with E-state index < -0.39 is 28.5 Å². The van der Waals surface area contributed by atoms with Gasteiger partial charge in [-0.15, -0.1) is 0 Å². The quantitative estimate of drug-likeness (QED) is 0.305. The van der Waals surface area contributed by atoms with Crippen LogP contribution in [-0.2, 0) is 26.2 Å². The molecule has 1 N–H and O–H groups in total. The van der Waals surface area contributed by atoms with Crippen molar-refractivity contribution in [3.05, 3.63) is 89.5 Å². The summed E-state index contributed by atoms with van der Waals surface area (Å²) in [5.41, 5.74) is 3.00. The van der Waals surface area contributed by atoms with Crippen molar-refractivity contribution < 1.29 is 22.7 Å². The standard InChI is InChI=1S/C33H41N3O5S/c1-5-29(33(38)34-27-11-9-10-12-27)35(22-26-18-15-24(2)16-19-26)32(37)23-36(30-21-25(3)17-20-31(30)41-4)42(39,40)28-13-7-6-8-14-28/h6-8,13-21,27,29H,5,9-12,22-23H2,1-4H3,(H,34,38). The van der Waals surface area contributed by atoms with Gasteiger partial charge < -0.3 is 15.0 Å². The molecule has 4 rings (SSSR count). The van der Waals surface area contributed by atoms with E-state index in [1.165, 1.54) is 24.1 Å². The minimum absolute atomic E-state index is 0.0532. The Balaban J connectivity index is 1.75. The van der Waals surface area contributed by atoms with Crippen molar-refractivity contribution in [3.63, 3.8) is 0 Å². The fraction of sp³-hybridized carbons (Fsp3) is 0.394. The van der Waals surface area contributed by atoms with Crippen LogP contribution >= 0.6 is 0 Å². The Morgan fingerprint density at radius 1 is 0.952 bits per heavy atom. The third-order valence-corrected chi connectivity index (χ3v) is 9.55. The van der Waals surface area contributed by atoms with Crippen molar-refractivity contribution in [3.8, 4) is 5.75 Å². The van der Waals surface area contributed by atoms with E-state index in [9.17, 15) is 18.0 Å². The molecule has 2 amide bonds. The summed E-state index contributed by atoms with van der Waals surface area (Å²) in [6, 6.07) is 20.3. The van der Waals surface area contributed by atoms with Crippen LogP contribution in [0.5, 0.6) is 5.75 Å². The number of ether oxygens (including phenoxy) is 1. The molecule has 0 spiro atoms. The van der Waals surface area contributed by atoms with Crippen molar-refractivity contribution >= 4 is 27.5 Å². The van der Waals surface area contributed by atoms with E-state index in [-0.39, 0.29) is 29.1 Å². The molecule has 0 bridgehead atoms. The molecule has 0 saturated heterocycles. The number of amides is 2. The number of rotatable bonds is 12. The fourth-order valence-corrected chi connectivity index (χ4v) is 6.84. The second-order valence-electron chi connectivity index (χ2n) is 10.9. The van der Waals surface area contributed by atoms with Crippen molar-refractivity contribution in [2.45, 2.75) is 76.4 Å². The van der Waals surface area contributed by atoms with E-state index in [2.05, 4.69) is 5.32 Å². The number of nitrogens with one attached hydrogen (secondary N) is 1. The summed E-state index contributed by atoms with van der Waals surface area (Å²) in [5.74, 6) is -0.369. The van der Waals surface area contributed by atoms with Crippen LogP contribution in [-0.4, -0.2) is 50.9 Å². The molecule has 3 aromatic rings. The number of benzene rings is 3. The first kappa shape index (κ1) is 31.1. The van der Waals surface area contributed by atoms with Gasteiger partial charge >= 0.3 is 0 Å². The minimum Gasteiger partial charge on any atom is -0.495 e. The van der Waals surface area contributed by atoms with Gasteiger partial charge in [0.2, 0.25) is 11.8 Å². The zero-order chi connectivity index (χ0) is 30.3. The number of hydrogen-bond donors (Lipinski definition) is 1. The smallest absolute Gasteiger partial charge is 0.264 e. The molecule has 3 aromatic carbocycles. The molecule has 1 atom stereocenters. The second-order valence-corrected chi connectivity index (χ2v) is 12.8. The molecule has 1 aliphatic carbocycles. The summed E-state index contributed by atoms with van der Waals surface area (Å²) < 4.78 is 34.8. The highest BCUT2D eigenvalue weighted by Gasteiger charge is 2.35. The van der Waals surface area contributed by atoms with Gasteiger partial charge in [0.25, 0.3) is 10.0 Å². The molecule has 0 aliphatic heterocycles. The first-order chi connectivity index (χ1) is 20.1. The van der Waals surface area contributed by atoms with Gasteiger partial charge in [-0.2, -0.15) is 0 Å². The number of carbonyl (C=O) groups is 2. The third kappa shape index (κ3) is 7.31. The molecule has 1 unspecified atom stereocenters. The van der Waals surface area contributed by atoms with Gasteiger partial charge in [-0.1, -0.05) is 73.9 Å². The Bertz CT molecular complexity index is 1470. The molecule has 1 fully saturated rings. The lowest BCUT2D eigenvalue weighted by atomic mass is 10.1. The van der Waals surface area contributed by atoms with Crippen molar-refractivity contribution in [1.29, 1.82) is 0 Å². The minimum atomic E-state index is -4.18. The van der Waals surface area contributed by atoms with Crippen LogP contribution in [0.15, 0.2) is 77.7 Å². The summed E-state index contributed by atoms with van der Waals surface area (Å²) >= 11 is 0. The van der Waals surface area contributed by atoms with Gasteiger partial charge in [0.05, 0.1) is 17.7 Å². The summed E-state index contributed by atoms with van der Waals surface area (Å²) in [6.07, 6.45) is 4.36. The highest BCUT2D eigenvalue weighted by Crippen LogP contribution is 2.34. The largest absolute Gasteiger partial charge is 0.495 e. The first-order valence-electron chi connectivity index (χ1n) is 14.5. The van der Waals surface area contributed by atoms with E-state index in [1.807, 2.05) is 51.1 Å². The number of nitrogens with zero attached hydrogens (tertiary/aromatic N) is 2. The maximum absolute atomic E-state index is 14.3. The molecule has 224 valence electrons. The zero-order valence-corrected chi connectivity index (χ0v) is 25.7. The Hall–Kier alpha value is -3.85. The molecule has 1 aliphatic rings. The van der Waals surface area contributed by atoms with Gasteiger partial charge in [-0.05, 0) is 68.5 Å². The molecule has 0 heterocycles. The van der Waals surface area contributed by atoms with E-state index in [4.69, 9.17) is 4.74 Å². The number of sulfonamides is 1. The molecule has 42 heavy (non-hydrogen) atoms. The van der Waals surface area contributed by atoms with Gasteiger partial charge in [0, 0.05) is 12.6 Å². The molecule has 9 heteroatoms. The van der Waals surface area contributed by atoms with Crippen LogP contribution in [0.3, 0.4) is 0 Å². The second kappa shape index (κ2) is 13.9. The highest BCUT2D eigenvalue weighted by atomic mass is 32.2. The van der Waals surface area contributed by atoms with E-state index in [1.54, 1.807) is 30.3 Å². The predicted molar refractivity (Wildman–Crippen MR) is 165 cm³/mol. The number of carbonyl (C=O) groups excluding carboxylic acids is 2. The van der Waals surface area contributed by atoms with Crippen molar-refractivity contribution in [2.75, 3.05) is 18.0 Å². The Labute approximate surface area is 249 Å². The van der Waals surface area contributed by atoms with Gasteiger partial charge in [0.1, 0.15) is 18.3 Å². The summed E-state index contributed by atoms with van der Waals surface area (Å²) in [6.45, 7) is 5.37. The monoisotopic (exact) mass is 591 g/mol. The van der Waals surface area contributed by atoms with Crippen LogP contribution < -0.4 is 14.4 Å². The lowest BCUT2D eigenvalue weighted by Gasteiger charge is -2.34. The van der Waals surface area contributed by atoms with E-state index >= 15 is 0 Å². The molecular formula is C33H41N3O5S. The van der Waals surface area contributed by atoms with Crippen LogP contribution in [0, 0.1) is 13.8 Å².